The van der Waals surface area contributed by atoms with E-state index in [1.165, 1.54) is 26.0 Å². The van der Waals surface area contributed by atoms with Gasteiger partial charge in [-0.3, -0.25) is 0 Å². The number of carbonyl (C=O) groups excluding carboxylic acids is 2. The first-order chi connectivity index (χ1) is 11.3. The Kier molecular flexibility index (Phi) is 15.5. The maximum absolute atomic E-state index is 10.8. The number of carbonyl (C=O) groups is 3. The highest BCUT2D eigenvalue weighted by Gasteiger charge is 2.07. The van der Waals surface area contributed by atoms with Crippen LogP contribution in [0.25, 0.3) is 0 Å². The van der Waals surface area contributed by atoms with Gasteiger partial charge in [-0.05, 0) is 18.4 Å². The van der Waals surface area contributed by atoms with Crippen LogP contribution >= 0.6 is 0 Å². The number of rotatable bonds is 10. The maximum Gasteiger partial charge on any atom is 0.337 e. The number of ether oxygens (including phenoxy) is 2. The fourth-order valence-electron chi connectivity index (χ4n) is 1.53. The fraction of sp³-hybridized carbons (Fsp3) is 0.500. The number of carboxylic acids is 1. The second-order valence-electron chi connectivity index (χ2n) is 4.94. The van der Waals surface area contributed by atoms with Gasteiger partial charge in [0, 0.05) is 12.2 Å². The lowest BCUT2D eigenvalue weighted by Gasteiger charge is -2.13. The SMILES string of the molecule is C=C(C=CC(=O)O)C(=O)OC.C=CC(=O)OCC(CC)CCCC. The van der Waals surface area contributed by atoms with Crippen molar-refractivity contribution < 1.29 is 29.0 Å². The Balaban J connectivity index is 0. The minimum Gasteiger partial charge on any atom is -0.478 e. The molecule has 0 bridgehead atoms. The highest BCUT2D eigenvalue weighted by molar-refractivity contribution is 5.92. The molecule has 0 amide bonds. The van der Waals surface area contributed by atoms with Crippen molar-refractivity contribution in [3.05, 3.63) is 37.0 Å². The minimum atomic E-state index is -1.13. The van der Waals surface area contributed by atoms with E-state index in [1.807, 2.05) is 0 Å². The van der Waals surface area contributed by atoms with E-state index in [1.54, 1.807) is 0 Å². The molecular weight excluding hydrogens is 312 g/mol. The second kappa shape index (κ2) is 15.5. The third-order valence-electron chi connectivity index (χ3n) is 3.05. The van der Waals surface area contributed by atoms with Gasteiger partial charge in [-0.25, -0.2) is 14.4 Å². The molecule has 6 nitrogen and oxygen atoms in total. The Morgan fingerprint density at radius 3 is 2.25 bits per heavy atom. The van der Waals surface area contributed by atoms with Crippen molar-refractivity contribution >= 4 is 17.9 Å². The summed E-state index contributed by atoms with van der Waals surface area (Å²) in [6, 6.07) is 0. The van der Waals surface area contributed by atoms with Crippen LogP contribution in [0, 0.1) is 5.92 Å². The van der Waals surface area contributed by atoms with Crippen molar-refractivity contribution in [2.75, 3.05) is 13.7 Å². The van der Waals surface area contributed by atoms with E-state index in [-0.39, 0.29) is 11.5 Å². The Morgan fingerprint density at radius 2 is 1.83 bits per heavy atom. The average Bonchev–Trinajstić information content (AvgIpc) is 2.59. The van der Waals surface area contributed by atoms with Crippen molar-refractivity contribution in [1.29, 1.82) is 0 Å². The predicted molar refractivity (Wildman–Crippen MR) is 92.4 cm³/mol. The molecule has 1 unspecified atom stereocenters. The quantitative estimate of drug-likeness (QED) is 0.373. The Labute approximate surface area is 143 Å². The molecule has 0 aliphatic carbocycles. The van der Waals surface area contributed by atoms with E-state index < -0.39 is 11.9 Å². The molecular formula is C18H28O6. The number of methoxy groups -OCH3 is 1. The number of esters is 2. The molecule has 0 spiro atoms. The summed E-state index contributed by atoms with van der Waals surface area (Å²) < 4.78 is 9.25. The van der Waals surface area contributed by atoms with Gasteiger partial charge in [0.2, 0.25) is 0 Å². The summed E-state index contributed by atoms with van der Waals surface area (Å²) in [6.07, 6.45) is 7.75. The number of hydrogen-bond acceptors (Lipinski definition) is 5. The van der Waals surface area contributed by atoms with E-state index in [0.717, 1.165) is 25.0 Å². The molecule has 136 valence electrons. The summed E-state index contributed by atoms with van der Waals surface area (Å²) in [5.74, 6) is -1.56. The number of unbranched alkanes of at least 4 members (excludes halogenated alkanes) is 1. The molecule has 0 aromatic carbocycles. The van der Waals surface area contributed by atoms with E-state index in [9.17, 15) is 14.4 Å². The molecule has 0 rings (SSSR count). The molecule has 24 heavy (non-hydrogen) atoms. The first kappa shape index (κ1) is 23.9. The van der Waals surface area contributed by atoms with Crippen LogP contribution in [0.3, 0.4) is 0 Å². The first-order valence-corrected chi connectivity index (χ1v) is 7.79. The molecule has 0 aromatic heterocycles. The van der Waals surface area contributed by atoms with E-state index in [0.29, 0.717) is 12.5 Å². The van der Waals surface area contributed by atoms with Crippen LogP contribution in [0.1, 0.15) is 39.5 Å². The van der Waals surface area contributed by atoms with Gasteiger partial charge in [-0.1, -0.05) is 46.3 Å². The van der Waals surface area contributed by atoms with Crippen LogP contribution < -0.4 is 0 Å². The number of hydrogen-bond donors (Lipinski definition) is 1. The fourth-order valence-corrected chi connectivity index (χ4v) is 1.53. The number of aliphatic carboxylic acids is 1. The van der Waals surface area contributed by atoms with Crippen LogP contribution in [-0.4, -0.2) is 36.7 Å². The molecule has 0 saturated heterocycles. The third-order valence-corrected chi connectivity index (χ3v) is 3.05. The molecule has 0 aromatic rings. The van der Waals surface area contributed by atoms with E-state index >= 15 is 0 Å². The maximum atomic E-state index is 10.8. The summed E-state index contributed by atoms with van der Waals surface area (Å²) >= 11 is 0. The summed E-state index contributed by atoms with van der Waals surface area (Å²) in [4.78, 5) is 31.3. The standard InChI is InChI=1S/C11H20O2.C7H8O4/c1-4-7-8-10(5-2)9-13-11(12)6-3;1-5(7(10)11-2)3-4-6(8)9/h6,10H,3-5,7-9H2,1-2H3;3-4H,1H2,2H3,(H,8,9). The molecule has 0 radical (unpaired) electrons. The van der Waals surface area contributed by atoms with Gasteiger partial charge in [0.1, 0.15) is 0 Å². The zero-order valence-corrected chi connectivity index (χ0v) is 14.7. The lowest BCUT2D eigenvalue weighted by molar-refractivity contribution is -0.139. The van der Waals surface area contributed by atoms with Gasteiger partial charge >= 0.3 is 17.9 Å². The van der Waals surface area contributed by atoms with Crippen LogP contribution in [0.15, 0.2) is 37.0 Å². The van der Waals surface area contributed by atoms with Crippen molar-refractivity contribution in [2.24, 2.45) is 5.92 Å². The van der Waals surface area contributed by atoms with Crippen LogP contribution in [0.5, 0.6) is 0 Å². The van der Waals surface area contributed by atoms with Gasteiger partial charge in [-0.2, -0.15) is 0 Å². The van der Waals surface area contributed by atoms with Crippen molar-refractivity contribution in [2.45, 2.75) is 39.5 Å². The zero-order valence-electron chi connectivity index (χ0n) is 14.7. The van der Waals surface area contributed by atoms with Gasteiger partial charge in [0.25, 0.3) is 0 Å². The second-order valence-corrected chi connectivity index (χ2v) is 4.94. The molecule has 0 saturated carbocycles. The Hall–Kier alpha value is -2.37. The molecule has 0 aliphatic heterocycles. The topological polar surface area (TPSA) is 89.9 Å². The molecule has 1 N–H and O–H groups in total. The zero-order chi connectivity index (χ0) is 19.0. The lowest BCUT2D eigenvalue weighted by Crippen LogP contribution is -2.12. The third kappa shape index (κ3) is 14.6. The normalized spacial score (nSPS) is 11.0. The van der Waals surface area contributed by atoms with Crippen LogP contribution in [0.2, 0.25) is 0 Å². The molecule has 6 heteroatoms. The van der Waals surface area contributed by atoms with E-state index in [4.69, 9.17) is 9.84 Å². The smallest absolute Gasteiger partial charge is 0.337 e. The Morgan fingerprint density at radius 1 is 1.21 bits per heavy atom. The van der Waals surface area contributed by atoms with Crippen molar-refractivity contribution in [1.82, 2.24) is 0 Å². The average molecular weight is 340 g/mol. The summed E-state index contributed by atoms with van der Waals surface area (Å²) in [6.45, 7) is 11.5. The minimum absolute atomic E-state index is 0.00917. The lowest BCUT2D eigenvalue weighted by atomic mass is 10.0. The van der Waals surface area contributed by atoms with Crippen LogP contribution in [0.4, 0.5) is 0 Å². The highest BCUT2D eigenvalue weighted by atomic mass is 16.5. The summed E-state index contributed by atoms with van der Waals surface area (Å²) in [5, 5.41) is 8.14. The Bertz CT molecular complexity index is 450. The van der Waals surface area contributed by atoms with Crippen molar-refractivity contribution in [3.8, 4) is 0 Å². The predicted octanol–water partition coefficient (Wildman–Crippen LogP) is 3.29. The first-order valence-electron chi connectivity index (χ1n) is 7.79. The van der Waals surface area contributed by atoms with Gasteiger partial charge < -0.3 is 14.6 Å². The van der Waals surface area contributed by atoms with Gasteiger partial charge in [0.15, 0.2) is 0 Å². The molecule has 0 aliphatic rings. The molecule has 1 atom stereocenters. The number of carboxylic acid groups (broad SMARTS) is 1. The van der Waals surface area contributed by atoms with Gasteiger partial charge in [0.05, 0.1) is 19.3 Å². The van der Waals surface area contributed by atoms with Gasteiger partial charge in [-0.15, -0.1) is 0 Å². The molecule has 0 fully saturated rings. The summed E-state index contributed by atoms with van der Waals surface area (Å²) in [5.41, 5.74) is 0.00917. The van der Waals surface area contributed by atoms with Crippen molar-refractivity contribution in [3.63, 3.8) is 0 Å². The highest BCUT2D eigenvalue weighted by Crippen LogP contribution is 2.12. The van der Waals surface area contributed by atoms with Crippen LogP contribution in [-0.2, 0) is 23.9 Å². The monoisotopic (exact) mass is 340 g/mol. The largest absolute Gasteiger partial charge is 0.478 e. The molecule has 0 heterocycles. The van der Waals surface area contributed by atoms with E-state index in [2.05, 4.69) is 31.7 Å². The summed E-state index contributed by atoms with van der Waals surface area (Å²) in [7, 11) is 1.20.